The maximum atomic E-state index is 10.2. The molecule has 17 heavy (non-hydrogen) atoms. The van der Waals surface area contributed by atoms with Crippen LogP contribution in [0, 0.1) is 5.92 Å². The van der Waals surface area contributed by atoms with Gasteiger partial charge in [0.25, 0.3) is 0 Å². The van der Waals surface area contributed by atoms with E-state index in [-0.39, 0.29) is 0 Å². The van der Waals surface area contributed by atoms with E-state index in [1.165, 1.54) is 0 Å². The Morgan fingerprint density at radius 1 is 1.35 bits per heavy atom. The first-order chi connectivity index (χ1) is 7.98. The van der Waals surface area contributed by atoms with Crippen molar-refractivity contribution in [3.63, 3.8) is 0 Å². The number of benzene rings is 1. The van der Waals surface area contributed by atoms with Gasteiger partial charge >= 0.3 is 0 Å². The summed E-state index contributed by atoms with van der Waals surface area (Å²) in [4.78, 5) is 4.45. The third-order valence-electron chi connectivity index (χ3n) is 2.96. The Kier molecular flexibility index (Phi) is 3.59. The van der Waals surface area contributed by atoms with Crippen molar-refractivity contribution < 1.29 is 5.11 Å². The van der Waals surface area contributed by atoms with Crippen molar-refractivity contribution in [1.82, 2.24) is 0 Å². The van der Waals surface area contributed by atoms with Crippen LogP contribution in [0.3, 0.4) is 0 Å². The second-order valence-corrected chi connectivity index (χ2v) is 6.33. The van der Waals surface area contributed by atoms with Crippen molar-refractivity contribution in [2.75, 3.05) is 0 Å². The van der Waals surface area contributed by atoms with E-state index in [2.05, 4.69) is 18.8 Å². The van der Waals surface area contributed by atoms with E-state index >= 15 is 0 Å². The first-order valence-electron chi connectivity index (χ1n) is 6.02. The van der Waals surface area contributed by atoms with E-state index in [4.69, 9.17) is 0 Å². The van der Waals surface area contributed by atoms with Crippen LogP contribution < -0.4 is 0 Å². The van der Waals surface area contributed by atoms with Crippen LogP contribution in [0.5, 0.6) is 0 Å². The Bertz CT molecular complexity index is 411. The van der Waals surface area contributed by atoms with Gasteiger partial charge in [0.1, 0.15) is 5.04 Å². The zero-order valence-corrected chi connectivity index (χ0v) is 11.4. The lowest BCUT2D eigenvalue weighted by molar-refractivity contribution is 0.0560. The summed E-state index contributed by atoms with van der Waals surface area (Å²) >= 11 is 1.78. The molecule has 0 saturated heterocycles. The number of thioether (sulfide) groups is 1. The lowest BCUT2D eigenvalue weighted by Crippen LogP contribution is -2.34. The molecule has 2 nitrogen and oxygen atoms in total. The van der Waals surface area contributed by atoms with E-state index in [0.29, 0.717) is 11.2 Å². The van der Waals surface area contributed by atoms with Crippen molar-refractivity contribution in [2.45, 2.75) is 38.2 Å². The number of hydrogen-bond acceptors (Lipinski definition) is 3. The molecule has 2 atom stereocenters. The lowest BCUT2D eigenvalue weighted by Gasteiger charge is -2.33. The predicted molar refractivity (Wildman–Crippen MR) is 74.4 cm³/mol. The quantitative estimate of drug-likeness (QED) is 0.872. The number of rotatable bonds is 2. The highest BCUT2D eigenvalue weighted by atomic mass is 32.2. The fourth-order valence-corrected chi connectivity index (χ4v) is 3.42. The minimum absolute atomic E-state index is 0.428. The predicted octanol–water partition coefficient (Wildman–Crippen LogP) is 3.30. The molecule has 0 spiro atoms. The van der Waals surface area contributed by atoms with E-state index < -0.39 is 5.72 Å². The highest BCUT2D eigenvalue weighted by Crippen LogP contribution is 2.36. The van der Waals surface area contributed by atoms with E-state index in [9.17, 15) is 5.11 Å². The van der Waals surface area contributed by atoms with Crippen LogP contribution in [0.1, 0.15) is 32.8 Å². The van der Waals surface area contributed by atoms with Gasteiger partial charge in [0, 0.05) is 17.2 Å². The Morgan fingerprint density at radius 3 is 2.59 bits per heavy atom. The second-order valence-electron chi connectivity index (χ2n) is 5.10. The zero-order valence-electron chi connectivity index (χ0n) is 10.6. The maximum absolute atomic E-state index is 10.2. The van der Waals surface area contributed by atoms with Crippen molar-refractivity contribution >= 4 is 16.8 Å². The molecule has 0 saturated carbocycles. The molecule has 2 rings (SSSR count). The minimum atomic E-state index is -0.925. The third kappa shape index (κ3) is 3.11. The average molecular weight is 249 g/mol. The molecule has 92 valence electrons. The van der Waals surface area contributed by atoms with Gasteiger partial charge in [0.2, 0.25) is 0 Å². The van der Waals surface area contributed by atoms with Crippen LogP contribution in [0.2, 0.25) is 0 Å². The smallest absolute Gasteiger partial charge is 0.155 e. The van der Waals surface area contributed by atoms with Crippen LogP contribution in [0.4, 0.5) is 0 Å². The summed E-state index contributed by atoms with van der Waals surface area (Å²) in [6.45, 7) is 6.19. The van der Waals surface area contributed by atoms with Crippen molar-refractivity contribution in [1.29, 1.82) is 0 Å². The van der Waals surface area contributed by atoms with Crippen molar-refractivity contribution in [2.24, 2.45) is 10.9 Å². The van der Waals surface area contributed by atoms with Gasteiger partial charge in [-0.05, 0) is 12.8 Å². The van der Waals surface area contributed by atoms with E-state index in [0.717, 1.165) is 17.0 Å². The largest absolute Gasteiger partial charge is 0.369 e. The van der Waals surface area contributed by atoms with Gasteiger partial charge in [0.05, 0.1) is 0 Å². The molecule has 0 aromatic heterocycles. The first-order valence-corrected chi connectivity index (χ1v) is 6.90. The Hall–Kier alpha value is -0.800. The Morgan fingerprint density at radius 2 is 2.00 bits per heavy atom. The fraction of sp³-hybridized carbons (Fsp3) is 0.500. The standard InChI is InChI=1S/C14H19NOS/c1-10(2)12-9-14(3,16)15-13(17-12)11-7-5-4-6-8-11/h4-8,10,12,16H,9H2,1-3H3/t12-,14-/m1/s1. The van der Waals surface area contributed by atoms with Crippen molar-refractivity contribution in [3.05, 3.63) is 35.9 Å². The highest BCUT2D eigenvalue weighted by Gasteiger charge is 2.33. The minimum Gasteiger partial charge on any atom is -0.369 e. The number of hydrogen-bond donors (Lipinski definition) is 1. The molecule has 1 aromatic carbocycles. The molecule has 0 amide bonds. The second kappa shape index (κ2) is 4.83. The molecule has 1 aliphatic rings. The summed E-state index contributed by atoms with van der Waals surface area (Å²) in [6, 6.07) is 10.1. The number of aliphatic hydroxyl groups is 1. The van der Waals surface area contributed by atoms with E-state index in [1.54, 1.807) is 18.7 Å². The summed E-state index contributed by atoms with van der Waals surface area (Å²) in [7, 11) is 0. The van der Waals surface area contributed by atoms with Crippen molar-refractivity contribution in [3.8, 4) is 0 Å². The molecule has 1 aliphatic heterocycles. The summed E-state index contributed by atoms with van der Waals surface area (Å²) in [5, 5.41) is 11.6. The van der Waals surface area contributed by atoms with Gasteiger partial charge in [-0.1, -0.05) is 44.2 Å². The zero-order chi connectivity index (χ0) is 12.5. The molecule has 3 heteroatoms. The molecule has 0 bridgehead atoms. The van der Waals surface area contributed by atoms with Crippen LogP contribution in [0.25, 0.3) is 0 Å². The van der Waals surface area contributed by atoms with Crippen LogP contribution in [0.15, 0.2) is 35.3 Å². The van der Waals surface area contributed by atoms with Crippen LogP contribution >= 0.6 is 11.8 Å². The Balaban J connectivity index is 2.31. The fourth-order valence-electron chi connectivity index (χ4n) is 1.94. The van der Waals surface area contributed by atoms with Gasteiger partial charge in [-0.25, -0.2) is 4.99 Å². The normalized spacial score (nSPS) is 29.2. The van der Waals surface area contributed by atoms with Gasteiger partial charge < -0.3 is 5.11 Å². The molecular formula is C14H19NOS. The van der Waals surface area contributed by atoms with Crippen LogP contribution in [-0.2, 0) is 0 Å². The summed E-state index contributed by atoms with van der Waals surface area (Å²) in [5.74, 6) is 0.542. The molecule has 1 N–H and O–H groups in total. The van der Waals surface area contributed by atoms with Gasteiger partial charge in [0.15, 0.2) is 5.72 Å². The summed E-state index contributed by atoms with van der Waals surface area (Å²) in [5.41, 5.74) is 0.175. The summed E-state index contributed by atoms with van der Waals surface area (Å²) < 4.78 is 0. The maximum Gasteiger partial charge on any atom is 0.155 e. The third-order valence-corrected chi connectivity index (χ3v) is 4.52. The molecule has 1 aromatic rings. The van der Waals surface area contributed by atoms with Crippen LogP contribution in [-0.4, -0.2) is 21.1 Å². The molecule has 0 aliphatic carbocycles. The number of aliphatic imine (C=N–C) groups is 1. The highest BCUT2D eigenvalue weighted by molar-refractivity contribution is 8.15. The SMILES string of the molecule is CC(C)[C@H]1C[C@@](C)(O)N=C(c2ccccc2)S1. The van der Waals surface area contributed by atoms with Gasteiger partial charge in [-0.3, -0.25) is 0 Å². The average Bonchev–Trinajstić information content (AvgIpc) is 2.28. The van der Waals surface area contributed by atoms with Gasteiger partial charge in [-0.2, -0.15) is 0 Å². The molecule has 0 unspecified atom stereocenters. The lowest BCUT2D eigenvalue weighted by atomic mass is 10.0. The monoisotopic (exact) mass is 249 g/mol. The molecule has 0 radical (unpaired) electrons. The van der Waals surface area contributed by atoms with E-state index in [1.807, 2.05) is 30.3 Å². The summed E-state index contributed by atoms with van der Waals surface area (Å²) in [6.07, 6.45) is 0.728. The van der Waals surface area contributed by atoms with Gasteiger partial charge in [-0.15, -0.1) is 11.8 Å². The topological polar surface area (TPSA) is 32.6 Å². The molecule has 1 heterocycles. The molecule has 0 fully saturated rings. The first kappa shape index (κ1) is 12.7. The Labute approximate surface area is 107 Å². The number of nitrogens with zero attached hydrogens (tertiary/aromatic N) is 1. The molecular weight excluding hydrogens is 230 g/mol.